The molecule has 0 aliphatic carbocycles. The van der Waals surface area contributed by atoms with Crippen LogP contribution in [-0.2, 0) is 16.0 Å². The summed E-state index contributed by atoms with van der Waals surface area (Å²) in [6.45, 7) is 0.758. The van der Waals surface area contributed by atoms with Crippen LogP contribution >= 0.6 is 0 Å². The molecule has 2 aromatic rings. The van der Waals surface area contributed by atoms with Gasteiger partial charge >= 0.3 is 0 Å². The van der Waals surface area contributed by atoms with Gasteiger partial charge in [0.25, 0.3) is 17.5 Å². The third-order valence-corrected chi connectivity index (χ3v) is 4.58. The number of nitro groups is 1. The predicted octanol–water partition coefficient (Wildman–Crippen LogP) is 1.51. The Balaban J connectivity index is 1.71. The number of nitrogens with one attached hydrogen (secondary N) is 1. The topological polar surface area (TPSA) is 127 Å². The lowest BCUT2D eigenvalue weighted by atomic mass is 10.0. The second-order valence-corrected chi connectivity index (χ2v) is 6.60. The number of Topliss-reactive ketones (excluding diaryl/α,β-unsaturated/α-hetero) is 1. The number of carbonyl (C=O) groups excluding carboxylic acids is 4. The third kappa shape index (κ3) is 4.18. The van der Waals surface area contributed by atoms with Crippen LogP contribution in [0.5, 0.6) is 0 Å². The lowest BCUT2D eigenvalue weighted by Gasteiger charge is -2.19. The monoisotopic (exact) mass is 395 g/mol. The zero-order valence-corrected chi connectivity index (χ0v) is 15.5. The Morgan fingerprint density at radius 3 is 2.34 bits per heavy atom. The Morgan fingerprint density at radius 2 is 1.72 bits per heavy atom. The number of amides is 3. The van der Waals surface area contributed by atoms with Crippen LogP contribution in [0.3, 0.4) is 0 Å². The van der Waals surface area contributed by atoms with Gasteiger partial charge in [0, 0.05) is 12.1 Å². The Hall–Kier alpha value is -3.88. The summed E-state index contributed by atoms with van der Waals surface area (Å²) in [6, 6.07) is 11.6. The first kappa shape index (κ1) is 19.9. The fraction of sp³-hybridized carbons (Fsp3) is 0.200. The summed E-state index contributed by atoms with van der Waals surface area (Å²) in [5, 5.41) is 13.4. The number of non-ortho nitro benzene ring substituents is 1. The fourth-order valence-electron chi connectivity index (χ4n) is 3.07. The molecule has 1 aliphatic rings. The van der Waals surface area contributed by atoms with Crippen molar-refractivity contribution in [3.05, 3.63) is 75.3 Å². The Bertz CT molecular complexity index is 1020. The molecule has 9 nitrogen and oxygen atoms in total. The van der Waals surface area contributed by atoms with Crippen molar-refractivity contribution in [2.45, 2.75) is 19.4 Å². The van der Waals surface area contributed by atoms with Crippen LogP contribution in [-0.4, -0.2) is 45.9 Å². The molecule has 0 saturated heterocycles. The van der Waals surface area contributed by atoms with Gasteiger partial charge in [-0.25, -0.2) is 0 Å². The van der Waals surface area contributed by atoms with Crippen molar-refractivity contribution in [3.63, 3.8) is 0 Å². The highest BCUT2D eigenvalue weighted by Crippen LogP contribution is 2.26. The van der Waals surface area contributed by atoms with Crippen LogP contribution in [0.2, 0.25) is 0 Å². The molecule has 1 atom stereocenters. The van der Waals surface area contributed by atoms with Gasteiger partial charge < -0.3 is 5.32 Å². The minimum Gasteiger partial charge on any atom is -0.344 e. The SMILES string of the molecule is CC(=O)[C@@H](Cc1ccccc1)NC(=O)CN1C(=O)c2ccc([N+](=O)[O-])cc2C1=O. The van der Waals surface area contributed by atoms with Crippen molar-refractivity contribution in [2.75, 3.05) is 6.54 Å². The average Bonchev–Trinajstić information content (AvgIpc) is 2.92. The molecule has 2 aromatic carbocycles. The lowest BCUT2D eigenvalue weighted by molar-refractivity contribution is -0.384. The molecule has 29 heavy (non-hydrogen) atoms. The fourth-order valence-corrected chi connectivity index (χ4v) is 3.07. The van der Waals surface area contributed by atoms with E-state index in [2.05, 4.69) is 5.32 Å². The van der Waals surface area contributed by atoms with E-state index in [0.29, 0.717) is 4.90 Å². The Morgan fingerprint density at radius 1 is 1.07 bits per heavy atom. The van der Waals surface area contributed by atoms with Crippen molar-refractivity contribution in [2.24, 2.45) is 0 Å². The van der Waals surface area contributed by atoms with E-state index in [1.54, 1.807) is 0 Å². The zero-order chi connectivity index (χ0) is 21.1. The van der Waals surface area contributed by atoms with Crippen LogP contribution in [0, 0.1) is 10.1 Å². The largest absolute Gasteiger partial charge is 0.344 e. The summed E-state index contributed by atoms with van der Waals surface area (Å²) in [5.74, 6) is -2.44. The molecule has 3 amide bonds. The third-order valence-electron chi connectivity index (χ3n) is 4.58. The molecule has 0 unspecified atom stereocenters. The van der Waals surface area contributed by atoms with E-state index in [1.807, 2.05) is 30.3 Å². The molecule has 1 N–H and O–H groups in total. The van der Waals surface area contributed by atoms with E-state index in [9.17, 15) is 29.3 Å². The van der Waals surface area contributed by atoms with Gasteiger partial charge in [-0.3, -0.25) is 34.2 Å². The van der Waals surface area contributed by atoms with E-state index in [0.717, 1.165) is 17.7 Å². The van der Waals surface area contributed by atoms with Gasteiger partial charge in [-0.1, -0.05) is 30.3 Å². The summed E-state index contributed by atoms with van der Waals surface area (Å²) < 4.78 is 0. The van der Waals surface area contributed by atoms with Gasteiger partial charge in [0.1, 0.15) is 6.54 Å². The minimum atomic E-state index is -0.804. The smallest absolute Gasteiger partial charge is 0.270 e. The first-order chi connectivity index (χ1) is 13.8. The maximum absolute atomic E-state index is 12.5. The van der Waals surface area contributed by atoms with Crippen molar-refractivity contribution < 1.29 is 24.1 Å². The summed E-state index contributed by atoms with van der Waals surface area (Å²) in [6.07, 6.45) is 0.274. The van der Waals surface area contributed by atoms with E-state index in [4.69, 9.17) is 0 Å². The normalized spacial score (nSPS) is 13.8. The van der Waals surface area contributed by atoms with Crippen LogP contribution < -0.4 is 5.32 Å². The maximum Gasteiger partial charge on any atom is 0.270 e. The molecule has 148 valence electrons. The van der Waals surface area contributed by atoms with E-state index < -0.39 is 35.2 Å². The van der Waals surface area contributed by atoms with E-state index >= 15 is 0 Å². The summed E-state index contributed by atoms with van der Waals surface area (Å²) in [5.41, 5.74) is 0.405. The summed E-state index contributed by atoms with van der Waals surface area (Å²) in [7, 11) is 0. The van der Waals surface area contributed by atoms with Crippen molar-refractivity contribution >= 4 is 29.2 Å². The molecule has 0 spiro atoms. The maximum atomic E-state index is 12.5. The number of ketones is 1. The van der Waals surface area contributed by atoms with E-state index in [1.165, 1.54) is 13.0 Å². The number of benzene rings is 2. The van der Waals surface area contributed by atoms with E-state index in [-0.39, 0.29) is 29.0 Å². The number of nitrogens with zero attached hydrogens (tertiary/aromatic N) is 2. The highest BCUT2D eigenvalue weighted by molar-refractivity contribution is 6.22. The number of fused-ring (bicyclic) bond motifs is 1. The molecule has 0 aromatic heterocycles. The first-order valence-electron chi connectivity index (χ1n) is 8.76. The van der Waals surface area contributed by atoms with Gasteiger partial charge in [0.05, 0.1) is 22.1 Å². The lowest BCUT2D eigenvalue weighted by Crippen LogP contribution is -2.47. The van der Waals surface area contributed by atoms with Crippen molar-refractivity contribution in [3.8, 4) is 0 Å². The van der Waals surface area contributed by atoms with Gasteiger partial charge in [-0.15, -0.1) is 0 Å². The molecule has 9 heteroatoms. The van der Waals surface area contributed by atoms with Gasteiger partial charge in [0.15, 0.2) is 5.78 Å². The summed E-state index contributed by atoms with van der Waals surface area (Å²) in [4.78, 5) is 60.1. The standard InChI is InChI=1S/C20H17N3O6/c1-12(24)17(9-13-5-3-2-4-6-13)21-18(25)11-22-19(26)15-8-7-14(23(28)29)10-16(15)20(22)27/h2-8,10,17H,9,11H2,1H3,(H,21,25)/t17-/m1/s1. The second kappa shape index (κ2) is 8.01. The van der Waals surface area contributed by atoms with Crippen LogP contribution in [0.25, 0.3) is 0 Å². The first-order valence-corrected chi connectivity index (χ1v) is 8.76. The number of imide groups is 1. The highest BCUT2D eigenvalue weighted by Gasteiger charge is 2.38. The molecular formula is C20H17N3O6. The van der Waals surface area contributed by atoms with Gasteiger partial charge in [-0.2, -0.15) is 0 Å². The van der Waals surface area contributed by atoms with Gasteiger partial charge in [0.2, 0.25) is 5.91 Å². The molecular weight excluding hydrogens is 378 g/mol. The van der Waals surface area contributed by atoms with Crippen LogP contribution in [0.15, 0.2) is 48.5 Å². The van der Waals surface area contributed by atoms with Gasteiger partial charge in [-0.05, 0) is 25.0 Å². The quantitative estimate of drug-likeness (QED) is 0.430. The number of carbonyl (C=O) groups is 4. The number of rotatable bonds is 7. The predicted molar refractivity (Wildman–Crippen MR) is 101 cm³/mol. The Kier molecular flexibility index (Phi) is 5.49. The van der Waals surface area contributed by atoms with Crippen molar-refractivity contribution in [1.29, 1.82) is 0 Å². The molecule has 0 saturated carbocycles. The average molecular weight is 395 g/mol. The Labute approximate surface area is 165 Å². The molecule has 1 aliphatic heterocycles. The molecule has 3 rings (SSSR count). The molecule has 1 heterocycles. The second-order valence-electron chi connectivity index (χ2n) is 6.60. The van der Waals surface area contributed by atoms with Crippen LogP contribution in [0.4, 0.5) is 5.69 Å². The zero-order valence-electron chi connectivity index (χ0n) is 15.5. The summed E-state index contributed by atoms with van der Waals surface area (Å²) >= 11 is 0. The van der Waals surface area contributed by atoms with Crippen molar-refractivity contribution in [1.82, 2.24) is 10.2 Å². The molecule has 0 radical (unpaired) electrons. The molecule has 0 fully saturated rings. The van der Waals surface area contributed by atoms with Crippen LogP contribution in [0.1, 0.15) is 33.2 Å². The number of hydrogen-bond acceptors (Lipinski definition) is 6. The molecule has 0 bridgehead atoms. The highest BCUT2D eigenvalue weighted by atomic mass is 16.6. The minimum absolute atomic E-state index is 0.000744. The number of hydrogen-bond donors (Lipinski definition) is 1. The number of nitro benzene ring substituents is 1.